The number of hydrogen-bond acceptors (Lipinski definition) is 7. The highest BCUT2D eigenvalue weighted by Gasteiger charge is 2.36. The normalized spacial score (nSPS) is 15.2. The lowest BCUT2D eigenvalue weighted by Crippen LogP contribution is -2.28. The van der Waals surface area contributed by atoms with Gasteiger partial charge in [-0.15, -0.1) is 0 Å². The predicted molar refractivity (Wildman–Crippen MR) is 115 cm³/mol. The number of amides is 2. The van der Waals surface area contributed by atoms with Gasteiger partial charge in [-0.05, 0) is 55.5 Å². The van der Waals surface area contributed by atoms with Crippen LogP contribution >= 0.6 is 0 Å². The number of anilines is 2. The molecular weight excluding hydrogens is 416 g/mol. The second-order valence-electron chi connectivity index (χ2n) is 7.06. The third kappa shape index (κ3) is 5.63. The van der Waals surface area contributed by atoms with E-state index in [4.69, 9.17) is 14.2 Å². The molecule has 0 spiro atoms. The molecular formula is C23H24N2O7. The van der Waals surface area contributed by atoms with Gasteiger partial charge in [0.15, 0.2) is 6.61 Å². The summed E-state index contributed by atoms with van der Waals surface area (Å²) in [6, 6.07) is 13.1. The van der Waals surface area contributed by atoms with Gasteiger partial charge in [0.25, 0.3) is 5.91 Å². The van der Waals surface area contributed by atoms with E-state index in [1.165, 1.54) is 17.0 Å². The van der Waals surface area contributed by atoms with Gasteiger partial charge in [0.2, 0.25) is 5.91 Å². The highest BCUT2D eigenvalue weighted by Crippen LogP contribution is 2.27. The van der Waals surface area contributed by atoms with Crippen molar-refractivity contribution < 1.29 is 33.4 Å². The number of methoxy groups -OCH3 is 1. The lowest BCUT2D eigenvalue weighted by atomic mass is 10.1. The van der Waals surface area contributed by atoms with Crippen molar-refractivity contribution in [1.29, 1.82) is 0 Å². The van der Waals surface area contributed by atoms with Gasteiger partial charge in [-0.3, -0.25) is 14.4 Å². The Morgan fingerprint density at radius 2 is 1.72 bits per heavy atom. The van der Waals surface area contributed by atoms with Gasteiger partial charge in [0, 0.05) is 24.3 Å². The van der Waals surface area contributed by atoms with E-state index < -0.39 is 30.4 Å². The number of nitrogens with zero attached hydrogens (tertiary/aromatic N) is 1. The molecule has 1 saturated heterocycles. The van der Waals surface area contributed by atoms with E-state index >= 15 is 0 Å². The zero-order valence-electron chi connectivity index (χ0n) is 17.8. The Bertz CT molecular complexity index is 986. The van der Waals surface area contributed by atoms with E-state index in [2.05, 4.69) is 5.32 Å². The van der Waals surface area contributed by atoms with E-state index in [0.29, 0.717) is 22.7 Å². The summed E-state index contributed by atoms with van der Waals surface area (Å²) in [5.41, 5.74) is 1.47. The minimum atomic E-state index is -0.652. The molecule has 2 amide bonds. The molecule has 1 fully saturated rings. The number of esters is 2. The van der Waals surface area contributed by atoms with Crippen molar-refractivity contribution in [2.45, 2.75) is 13.3 Å². The lowest BCUT2D eigenvalue weighted by Gasteiger charge is -2.16. The molecule has 2 aromatic carbocycles. The molecule has 9 nitrogen and oxygen atoms in total. The molecule has 1 heterocycles. The van der Waals surface area contributed by atoms with Crippen LogP contribution in [0.5, 0.6) is 5.75 Å². The van der Waals surface area contributed by atoms with Crippen LogP contribution in [0.25, 0.3) is 0 Å². The summed E-state index contributed by atoms with van der Waals surface area (Å²) in [7, 11) is 1.55. The van der Waals surface area contributed by atoms with Crippen molar-refractivity contribution in [1.82, 2.24) is 0 Å². The van der Waals surface area contributed by atoms with E-state index in [1.807, 2.05) is 0 Å². The molecule has 0 aromatic heterocycles. The fourth-order valence-corrected chi connectivity index (χ4v) is 3.23. The molecule has 3 rings (SSSR count). The Balaban J connectivity index is 1.48. The fourth-order valence-electron chi connectivity index (χ4n) is 3.23. The highest BCUT2D eigenvalue weighted by molar-refractivity contribution is 6.00. The molecule has 1 atom stereocenters. The Labute approximate surface area is 185 Å². The van der Waals surface area contributed by atoms with Gasteiger partial charge in [-0.2, -0.15) is 0 Å². The maximum absolute atomic E-state index is 12.4. The van der Waals surface area contributed by atoms with Gasteiger partial charge in [-0.25, -0.2) is 4.79 Å². The van der Waals surface area contributed by atoms with Crippen molar-refractivity contribution in [3.8, 4) is 5.75 Å². The smallest absolute Gasteiger partial charge is 0.338 e. The number of carbonyl (C=O) groups excluding carboxylic acids is 4. The molecule has 0 unspecified atom stereocenters. The molecule has 0 aliphatic carbocycles. The first-order chi connectivity index (χ1) is 15.4. The van der Waals surface area contributed by atoms with Gasteiger partial charge in [0.05, 0.1) is 25.2 Å². The Hall–Kier alpha value is -3.88. The summed E-state index contributed by atoms with van der Waals surface area (Å²) in [6.45, 7) is 1.69. The third-order valence-electron chi connectivity index (χ3n) is 4.87. The number of ether oxygens (including phenoxy) is 3. The van der Waals surface area contributed by atoms with Gasteiger partial charge >= 0.3 is 11.9 Å². The summed E-state index contributed by atoms with van der Waals surface area (Å²) >= 11 is 0. The van der Waals surface area contributed by atoms with Crippen molar-refractivity contribution >= 4 is 35.1 Å². The first-order valence-corrected chi connectivity index (χ1v) is 10.1. The fraction of sp³-hybridized carbons (Fsp3) is 0.304. The second-order valence-corrected chi connectivity index (χ2v) is 7.06. The maximum atomic E-state index is 12.4. The van der Waals surface area contributed by atoms with Crippen molar-refractivity contribution in [3.63, 3.8) is 0 Å². The van der Waals surface area contributed by atoms with Gasteiger partial charge < -0.3 is 24.4 Å². The first kappa shape index (κ1) is 22.8. The maximum Gasteiger partial charge on any atom is 0.338 e. The molecule has 2 aromatic rings. The summed E-state index contributed by atoms with van der Waals surface area (Å²) in [4.78, 5) is 49.9. The Morgan fingerprint density at radius 3 is 2.34 bits per heavy atom. The molecule has 168 valence electrons. The van der Waals surface area contributed by atoms with E-state index in [0.717, 1.165) is 0 Å². The van der Waals surface area contributed by atoms with Crippen molar-refractivity contribution in [3.05, 3.63) is 54.1 Å². The predicted octanol–water partition coefficient (Wildman–Crippen LogP) is 2.41. The minimum Gasteiger partial charge on any atom is -0.497 e. The summed E-state index contributed by atoms with van der Waals surface area (Å²) in [6.07, 6.45) is 0.0157. The topological polar surface area (TPSA) is 111 Å². The third-order valence-corrected chi connectivity index (χ3v) is 4.87. The molecule has 1 aliphatic heterocycles. The molecule has 32 heavy (non-hydrogen) atoms. The first-order valence-electron chi connectivity index (χ1n) is 10.1. The van der Waals surface area contributed by atoms with Gasteiger partial charge in [-0.1, -0.05) is 0 Å². The summed E-state index contributed by atoms with van der Waals surface area (Å²) < 4.78 is 15.1. The molecule has 1 aliphatic rings. The van der Waals surface area contributed by atoms with E-state index in [1.54, 1.807) is 50.4 Å². The van der Waals surface area contributed by atoms with Crippen LogP contribution in [0.2, 0.25) is 0 Å². The van der Waals surface area contributed by atoms with Crippen LogP contribution in [0.15, 0.2) is 48.5 Å². The largest absolute Gasteiger partial charge is 0.497 e. The average molecular weight is 440 g/mol. The van der Waals surface area contributed by atoms with Crippen LogP contribution in [0.3, 0.4) is 0 Å². The zero-order chi connectivity index (χ0) is 23.1. The molecule has 0 saturated carbocycles. The standard InChI is InChI=1S/C23H24N2O7/c1-3-31-22(28)15-4-6-17(7-5-15)24-20(26)14-32-23(29)16-12-21(27)25(13-16)18-8-10-19(30-2)11-9-18/h4-11,16H,3,12-14H2,1-2H3,(H,24,26)/t16-/m0/s1. The van der Waals surface area contributed by atoms with Gasteiger partial charge in [0.1, 0.15) is 5.75 Å². The Kier molecular flexibility index (Phi) is 7.43. The van der Waals surface area contributed by atoms with Crippen LogP contribution in [-0.2, 0) is 23.9 Å². The molecule has 1 N–H and O–H groups in total. The van der Waals surface area contributed by atoms with Crippen molar-refractivity contribution in [2.75, 3.05) is 37.1 Å². The minimum absolute atomic E-state index is 0.0157. The SMILES string of the molecule is CCOC(=O)c1ccc(NC(=O)COC(=O)[C@H]2CC(=O)N(c3ccc(OC)cc3)C2)cc1. The summed E-state index contributed by atoms with van der Waals surface area (Å²) in [5, 5.41) is 2.58. The van der Waals surface area contributed by atoms with E-state index in [-0.39, 0.29) is 25.5 Å². The van der Waals surface area contributed by atoms with Crippen LogP contribution in [-0.4, -0.2) is 50.6 Å². The van der Waals surface area contributed by atoms with Crippen LogP contribution in [0.1, 0.15) is 23.7 Å². The number of benzene rings is 2. The highest BCUT2D eigenvalue weighted by atomic mass is 16.5. The number of rotatable bonds is 8. The van der Waals surface area contributed by atoms with Crippen LogP contribution in [0.4, 0.5) is 11.4 Å². The number of nitrogens with one attached hydrogen (secondary N) is 1. The number of hydrogen-bond donors (Lipinski definition) is 1. The quantitative estimate of drug-likeness (QED) is 0.628. The van der Waals surface area contributed by atoms with Crippen molar-refractivity contribution in [2.24, 2.45) is 5.92 Å². The zero-order valence-corrected chi connectivity index (χ0v) is 17.8. The molecule has 0 bridgehead atoms. The van der Waals surface area contributed by atoms with Crippen LogP contribution in [0, 0.1) is 5.92 Å². The number of carbonyl (C=O) groups is 4. The molecule has 0 radical (unpaired) electrons. The Morgan fingerprint density at radius 1 is 1.03 bits per heavy atom. The molecule has 9 heteroatoms. The monoisotopic (exact) mass is 440 g/mol. The summed E-state index contributed by atoms with van der Waals surface area (Å²) in [5.74, 6) is -1.77. The van der Waals surface area contributed by atoms with Crippen LogP contribution < -0.4 is 15.0 Å². The van der Waals surface area contributed by atoms with E-state index in [9.17, 15) is 19.2 Å². The lowest BCUT2D eigenvalue weighted by molar-refractivity contribution is -0.151. The second kappa shape index (κ2) is 10.4. The average Bonchev–Trinajstić information content (AvgIpc) is 3.20.